The van der Waals surface area contributed by atoms with Crippen LogP contribution in [-0.2, 0) is 12.8 Å². The van der Waals surface area contributed by atoms with E-state index in [0.717, 1.165) is 16.9 Å². The zero-order valence-corrected chi connectivity index (χ0v) is 13.0. The van der Waals surface area contributed by atoms with Gasteiger partial charge in [-0.1, -0.05) is 47.6 Å². The first kappa shape index (κ1) is 15.2. The van der Waals surface area contributed by atoms with Crippen molar-refractivity contribution < 1.29 is 9.26 Å². The summed E-state index contributed by atoms with van der Waals surface area (Å²) in [6, 6.07) is 17.5. The average molecular weight is 309 g/mol. The fourth-order valence-corrected chi connectivity index (χ4v) is 2.37. The lowest BCUT2D eigenvalue weighted by Crippen LogP contribution is -2.13. The molecule has 3 rings (SSSR count). The molecular formula is C18H19N3O2. The first-order valence-electron chi connectivity index (χ1n) is 7.49. The lowest BCUT2D eigenvalue weighted by Gasteiger charge is -2.06. The van der Waals surface area contributed by atoms with Crippen LogP contribution in [0.25, 0.3) is 0 Å². The Morgan fingerprint density at radius 1 is 1.04 bits per heavy atom. The van der Waals surface area contributed by atoms with E-state index in [0.29, 0.717) is 24.6 Å². The van der Waals surface area contributed by atoms with Crippen molar-refractivity contribution in [1.29, 1.82) is 0 Å². The van der Waals surface area contributed by atoms with Gasteiger partial charge in [0.05, 0.1) is 13.2 Å². The molecule has 0 saturated heterocycles. The van der Waals surface area contributed by atoms with Gasteiger partial charge >= 0.3 is 0 Å². The number of nitrogens with zero attached hydrogens (tertiary/aromatic N) is 2. The van der Waals surface area contributed by atoms with Crippen molar-refractivity contribution in [3.05, 3.63) is 77.4 Å². The van der Waals surface area contributed by atoms with Gasteiger partial charge in [-0.15, -0.1) is 0 Å². The number of ether oxygens (including phenoxy) is 1. The highest BCUT2D eigenvalue weighted by Gasteiger charge is 2.15. The molecule has 0 radical (unpaired) electrons. The molecule has 0 fully saturated rings. The zero-order chi connectivity index (χ0) is 16.1. The number of nitrogens with two attached hydrogens (primary N) is 1. The monoisotopic (exact) mass is 309 g/mol. The molecule has 2 aromatic carbocycles. The fourth-order valence-electron chi connectivity index (χ4n) is 2.37. The summed E-state index contributed by atoms with van der Waals surface area (Å²) in [4.78, 5) is 4.41. The second-order valence-electron chi connectivity index (χ2n) is 5.37. The molecule has 0 amide bonds. The molecule has 23 heavy (non-hydrogen) atoms. The van der Waals surface area contributed by atoms with Crippen LogP contribution in [0.15, 0.2) is 59.1 Å². The molecule has 1 unspecified atom stereocenters. The van der Waals surface area contributed by atoms with Gasteiger partial charge in [-0.05, 0) is 29.7 Å². The van der Waals surface area contributed by atoms with Gasteiger partial charge in [-0.3, -0.25) is 0 Å². The first-order chi connectivity index (χ1) is 11.2. The van der Waals surface area contributed by atoms with E-state index in [-0.39, 0.29) is 6.04 Å². The maximum absolute atomic E-state index is 6.16. The molecular weight excluding hydrogens is 290 g/mol. The summed E-state index contributed by atoms with van der Waals surface area (Å²) in [6.07, 6.45) is 1.27. The van der Waals surface area contributed by atoms with Crippen LogP contribution >= 0.6 is 0 Å². The van der Waals surface area contributed by atoms with E-state index < -0.39 is 0 Å². The van der Waals surface area contributed by atoms with Crippen LogP contribution in [0.4, 0.5) is 0 Å². The molecule has 2 N–H and O–H groups in total. The van der Waals surface area contributed by atoms with Gasteiger partial charge in [0.2, 0.25) is 5.89 Å². The minimum Gasteiger partial charge on any atom is -0.497 e. The predicted molar refractivity (Wildman–Crippen MR) is 87.2 cm³/mol. The van der Waals surface area contributed by atoms with Crippen molar-refractivity contribution in [3.63, 3.8) is 0 Å². The van der Waals surface area contributed by atoms with Crippen LogP contribution in [0.3, 0.4) is 0 Å². The van der Waals surface area contributed by atoms with Gasteiger partial charge < -0.3 is 15.0 Å². The van der Waals surface area contributed by atoms with Crippen molar-refractivity contribution >= 4 is 0 Å². The summed E-state index contributed by atoms with van der Waals surface area (Å²) in [5, 5.41) is 4.02. The Morgan fingerprint density at radius 2 is 1.78 bits per heavy atom. The standard InChI is InChI=1S/C18H19N3O2/c1-22-15-9-7-14(8-10-15)12-17-20-18(23-21-17)16(19)11-13-5-3-2-4-6-13/h2-10,16H,11-12,19H2,1H3. The number of methoxy groups -OCH3 is 1. The molecule has 118 valence electrons. The summed E-state index contributed by atoms with van der Waals surface area (Å²) in [5.41, 5.74) is 8.40. The molecule has 5 heteroatoms. The van der Waals surface area contributed by atoms with Crippen molar-refractivity contribution in [2.24, 2.45) is 5.73 Å². The molecule has 0 spiro atoms. The van der Waals surface area contributed by atoms with E-state index in [9.17, 15) is 0 Å². The summed E-state index contributed by atoms with van der Waals surface area (Å²) < 4.78 is 10.5. The second kappa shape index (κ2) is 7.07. The van der Waals surface area contributed by atoms with Crippen molar-refractivity contribution in [1.82, 2.24) is 10.1 Å². The Hall–Kier alpha value is -2.66. The molecule has 0 bridgehead atoms. The van der Waals surface area contributed by atoms with Gasteiger partial charge in [-0.2, -0.15) is 4.98 Å². The highest BCUT2D eigenvalue weighted by Crippen LogP contribution is 2.17. The van der Waals surface area contributed by atoms with Crippen molar-refractivity contribution in [2.45, 2.75) is 18.9 Å². The van der Waals surface area contributed by atoms with Gasteiger partial charge in [-0.25, -0.2) is 0 Å². The molecule has 0 aliphatic rings. The Morgan fingerprint density at radius 3 is 2.48 bits per heavy atom. The number of rotatable bonds is 6. The Balaban J connectivity index is 1.65. The van der Waals surface area contributed by atoms with Crippen LogP contribution in [0.5, 0.6) is 5.75 Å². The lowest BCUT2D eigenvalue weighted by molar-refractivity contribution is 0.350. The summed E-state index contributed by atoms with van der Waals surface area (Å²) in [5.74, 6) is 1.93. The maximum Gasteiger partial charge on any atom is 0.243 e. The van der Waals surface area contributed by atoms with Gasteiger partial charge in [0, 0.05) is 6.42 Å². The van der Waals surface area contributed by atoms with Gasteiger partial charge in [0.15, 0.2) is 5.82 Å². The predicted octanol–water partition coefficient (Wildman–Crippen LogP) is 2.91. The maximum atomic E-state index is 6.16. The average Bonchev–Trinajstić information content (AvgIpc) is 3.05. The third kappa shape index (κ3) is 3.96. The van der Waals surface area contributed by atoms with Crippen LogP contribution in [0.1, 0.15) is 28.9 Å². The van der Waals surface area contributed by atoms with Gasteiger partial charge in [0.25, 0.3) is 0 Å². The largest absolute Gasteiger partial charge is 0.497 e. The molecule has 1 atom stereocenters. The van der Waals surface area contributed by atoms with Crippen LogP contribution in [0.2, 0.25) is 0 Å². The number of hydrogen-bond acceptors (Lipinski definition) is 5. The molecule has 1 heterocycles. The molecule has 0 aliphatic heterocycles. The van der Waals surface area contributed by atoms with E-state index in [2.05, 4.69) is 10.1 Å². The van der Waals surface area contributed by atoms with Crippen molar-refractivity contribution in [2.75, 3.05) is 7.11 Å². The molecule has 1 aromatic heterocycles. The summed E-state index contributed by atoms with van der Waals surface area (Å²) >= 11 is 0. The third-order valence-electron chi connectivity index (χ3n) is 3.62. The Bertz CT molecular complexity index is 738. The molecule has 0 saturated carbocycles. The van der Waals surface area contributed by atoms with E-state index >= 15 is 0 Å². The zero-order valence-electron chi connectivity index (χ0n) is 13.0. The number of aromatic nitrogens is 2. The second-order valence-corrected chi connectivity index (χ2v) is 5.37. The van der Waals surface area contributed by atoms with E-state index in [1.54, 1.807) is 7.11 Å². The minimum atomic E-state index is -0.297. The first-order valence-corrected chi connectivity index (χ1v) is 7.49. The lowest BCUT2D eigenvalue weighted by atomic mass is 10.1. The van der Waals surface area contributed by atoms with Crippen LogP contribution in [0, 0.1) is 0 Å². The van der Waals surface area contributed by atoms with E-state index in [4.69, 9.17) is 15.0 Å². The van der Waals surface area contributed by atoms with Gasteiger partial charge in [0.1, 0.15) is 5.75 Å². The Labute approximate surface area is 135 Å². The highest BCUT2D eigenvalue weighted by atomic mass is 16.5. The quantitative estimate of drug-likeness (QED) is 0.758. The smallest absolute Gasteiger partial charge is 0.243 e. The third-order valence-corrected chi connectivity index (χ3v) is 3.62. The van der Waals surface area contributed by atoms with Crippen LogP contribution < -0.4 is 10.5 Å². The van der Waals surface area contributed by atoms with E-state index in [1.807, 2.05) is 54.6 Å². The fraction of sp³-hybridized carbons (Fsp3) is 0.222. The SMILES string of the molecule is COc1ccc(Cc2noc(C(N)Cc3ccccc3)n2)cc1. The normalized spacial score (nSPS) is 12.1. The minimum absolute atomic E-state index is 0.297. The Kier molecular flexibility index (Phi) is 4.68. The summed E-state index contributed by atoms with van der Waals surface area (Å²) in [7, 11) is 1.65. The molecule has 5 nitrogen and oxygen atoms in total. The topological polar surface area (TPSA) is 74.2 Å². The van der Waals surface area contributed by atoms with E-state index in [1.165, 1.54) is 0 Å². The summed E-state index contributed by atoms with van der Waals surface area (Å²) in [6.45, 7) is 0. The number of hydrogen-bond donors (Lipinski definition) is 1. The molecule has 3 aromatic rings. The van der Waals surface area contributed by atoms with Crippen molar-refractivity contribution in [3.8, 4) is 5.75 Å². The number of benzene rings is 2. The highest BCUT2D eigenvalue weighted by molar-refractivity contribution is 5.28. The van der Waals surface area contributed by atoms with Crippen LogP contribution in [-0.4, -0.2) is 17.3 Å². The molecule has 0 aliphatic carbocycles.